The summed E-state index contributed by atoms with van der Waals surface area (Å²) >= 11 is 0. The summed E-state index contributed by atoms with van der Waals surface area (Å²) in [7, 11) is 0. The van der Waals surface area contributed by atoms with Crippen molar-refractivity contribution in [3.8, 4) is 0 Å². The lowest BCUT2D eigenvalue weighted by Crippen LogP contribution is -2.43. The molecule has 2 aliphatic rings. The molecule has 3 heteroatoms. The molecule has 0 amide bonds. The molecule has 1 heterocycles. The first-order valence-corrected chi connectivity index (χ1v) is 6.39. The van der Waals surface area contributed by atoms with Crippen LogP contribution in [0.2, 0.25) is 0 Å². The van der Waals surface area contributed by atoms with Crippen molar-refractivity contribution in [2.75, 3.05) is 13.1 Å². The number of hydrogen-bond donors (Lipinski definition) is 1. The molecular weight excluding hydrogens is 186 g/mol. The molecule has 2 unspecified atom stereocenters. The van der Waals surface area contributed by atoms with Gasteiger partial charge in [-0.25, -0.2) is 0 Å². The molecule has 0 bridgehead atoms. The lowest BCUT2D eigenvalue weighted by molar-refractivity contribution is 0.252. The first-order chi connectivity index (χ1) is 7.33. The molecule has 3 nitrogen and oxygen atoms in total. The standard InChI is InChI=1S/C12H23N3/c1-2-8-14-12(13)15-9-7-10-5-3-4-6-11(10)15/h10-11H,2-9H2,1H3,(H2,13,14). The zero-order valence-electron chi connectivity index (χ0n) is 9.78. The largest absolute Gasteiger partial charge is 0.370 e. The van der Waals surface area contributed by atoms with Gasteiger partial charge in [0.15, 0.2) is 5.96 Å². The van der Waals surface area contributed by atoms with Gasteiger partial charge >= 0.3 is 0 Å². The summed E-state index contributed by atoms with van der Waals surface area (Å²) in [6.45, 7) is 4.15. The first kappa shape index (κ1) is 10.8. The predicted molar refractivity (Wildman–Crippen MR) is 63.8 cm³/mol. The van der Waals surface area contributed by atoms with Crippen molar-refractivity contribution in [3.05, 3.63) is 0 Å². The fourth-order valence-electron chi connectivity index (χ4n) is 3.01. The highest BCUT2D eigenvalue weighted by Gasteiger charge is 2.36. The van der Waals surface area contributed by atoms with Crippen LogP contribution in [0.3, 0.4) is 0 Å². The summed E-state index contributed by atoms with van der Waals surface area (Å²) in [6, 6.07) is 0.708. The Morgan fingerprint density at radius 2 is 2.13 bits per heavy atom. The Morgan fingerprint density at radius 3 is 2.93 bits per heavy atom. The summed E-state index contributed by atoms with van der Waals surface area (Å²) in [5.74, 6) is 1.69. The van der Waals surface area contributed by atoms with Crippen LogP contribution in [0.25, 0.3) is 0 Å². The third-order valence-electron chi connectivity index (χ3n) is 3.80. The van der Waals surface area contributed by atoms with Gasteiger partial charge in [0.1, 0.15) is 0 Å². The Labute approximate surface area is 92.7 Å². The van der Waals surface area contributed by atoms with E-state index in [1.807, 2.05) is 0 Å². The van der Waals surface area contributed by atoms with E-state index in [1.54, 1.807) is 0 Å². The lowest BCUT2D eigenvalue weighted by atomic mass is 9.85. The van der Waals surface area contributed by atoms with Crippen molar-refractivity contribution in [1.29, 1.82) is 0 Å². The number of fused-ring (bicyclic) bond motifs is 1. The molecule has 0 radical (unpaired) electrons. The van der Waals surface area contributed by atoms with Crippen LogP contribution in [-0.4, -0.2) is 30.0 Å². The zero-order valence-corrected chi connectivity index (χ0v) is 9.78. The summed E-state index contributed by atoms with van der Waals surface area (Å²) in [4.78, 5) is 6.80. The van der Waals surface area contributed by atoms with E-state index < -0.39 is 0 Å². The van der Waals surface area contributed by atoms with Gasteiger partial charge in [0.25, 0.3) is 0 Å². The molecule has 2 fully saturated rings. The normalized spacial score (nSPS) is 31.8. The fraction of sp³-hybridized carbons (Fsp3) is 0.917. The van der Waals surface area contributed by atoms with E-state index >= 15 is 0 Å². The van der Waals surface area contributed by atoms with E-state index in [1.165, 1.54) is 32.1 Å². The van der Waals surface area contributed by atoms with Gasteiger partial charge in [-0.1, -0.05) is 19.8 Å². The molecule has 1 aliphatic heterocycles. The number of guanidine groups is 1. The van der Waals surface area contributed by atoms with Gasteiger partial charge in [-0.15, -0.1) is 0 Å². The highest BCUT2D eigenvalue weighted by Crippen LogP contribution is 2.35. The number of aliphatic imine (C=N–C) groups is 1. The monoisotopic (exact) mass is 209 g/mol. The van der Waals surface area contributed by atoms with E-state index in [4.69, 9.17) is 5.73 Å². The predicted octanol–water partition coefficient (Wildman–Crippen LogP) is 1.98. The van der Waals surface area contributed by atoms with Crippen molar-refractivity contribution in [3.63, 3.8) is 0 Å². The molecule has 15 heavy (non-hydrogen) atoms. The third-order valence-corrected chi connectivity index (χ3v) is 3.80. The van der Waals surface area contributed by atoms with Gasteiger partial charge in [0.2, 0.25) is 0 Å². The van der Waals surface area contributed by atoms with Crippen LogP contribution < -0.4 is 5.73 Å². The van der Waals surface area contributed by atoms with Crippen molar-refractivity contribution in [1.82, 2.24) is 4.90 Å². The second-order valence-corrected chi connectivity index (χ2v) is 4.83. The van der Waals surface area contributed by atoms with Crippen LogP contribution in [0, 0.1) is 5.92 Å². The Bertz CT molecular complexity index is 237. The van der Waals surface area contributed by atoms with Crippen molar-refractivity contribution >= 4 is 5.96 Å². The van der Waals surface area contributed by atoms with Crippen molar-refractivity contribution in [2.45, 2.75) is 51.5 Å². The molecule has 0 spiro atoms. The van der Waals surface area contributed by atoms with E-state index in [0.717, 1.165) is 31.4 Å². The molecular formula is C12H23N3. The van der Waals surface area contributed by atoms with Crippen molar-refractivity contribution in [2.24, 2.45) is 16.6 Å². The number of hydrogen-bond acceptors (Lipinski definition) is 1. The van der Waals surface area contributed by atoms with Gasteiger partial charge in [-0.05, 0) is 31.6 Å². The maximum absolute atomic E-state index is 6.05. The third kappa shape index (κ3) is 2.27. The molecule has 86 valence electrons. The average molecular weight is 209 g/mol. The highest BCUT2D eigenvalue weighted by atomic mass is 15.3. The van der Waals surface area contributed by atoms with Crippen molar-refractivity contribution < 1.29 is 0 Å². The van der Waals surface area contributed by atoms with E-state index in [9.17, 15) is 0 Å². The quantitative estimate of drug-likeness (QED) is 0.558. The van der Waals surface area contributed by atoms with E-state index in [0.29, 0.717) is 6.04 Å². The van der Waals surface area contributed by atoms with Crippen LogP contribution in [-0.2, 0) is 0 Å². The second kappa shape index (κ2) is 4.86. The number of likely N-dealkylation sites (tertiary alicyclic amines) is 1. The Hall–Kier alpha value is -0.730. The summed E-state index contributed by atoms with van der Waals surface area (Å²) in [6.07, 6.45) is 7.94. The highest BCUT2D eigenvalue weighted by molar-refractivity contribution is 5.78. The van der Waals surface area contributed by atoms with Crippen LogP contribution >= 0.6 is 0 Å². The Kier molecular flexibility index (Phi) is 3.49. The molecule has 0 aromatic carbocycles. The molecule has 2 N–H and O–H groups in total. The van der Waals surface area contributed by atoms with Gasteiger partial charge < -0.3 is 10.6 Å². The lowest BCUT2D eigenvalue weighted by Gasteiger charge is -2.32. The first-order valence-electron chi connectivity index (χ1n) is 6.39. The molecule has 2 rings (SSSR count). The van der Waals surface area contributed by atoms with Crippen LogP contribution in [0.15, 0.2) is 4.99 Å². The molecule has 1 saturated carbocycles. The molecule has 0 aromatic heterocycles. The van der Waals surface area contributed by atoms with Crippen LogP contribution in [0.5, 0.6) is 0 Å². The summed E-state index contributed by atoms with van der Waals surface area (Å²) in [5, 5.41) is 0. The average Bonchev–Trinajstić information content (AvgIpc) is 2.69. The molecule has 1 aliphatic carbocycles. The Balaban J connectivity index is 1.97. The molecule has 1 saturated heterocycles. The van der Waals surface area contributed by atoms with Crippen LogP contribution in [0.1, 0.15) is 45.4 Å². The summed E-state index contributed by atoms with van der Waals surface area (Å²) < 4.78 is 0. The molecule has 2 atom stereocenters. The topological polar surface area (TPSA) is 41.6 Å². The van der Waals surface area contributed by atoms with Gasteiger partial charge in [-0.3, -0.25) is 4.99 Å². The van der Waals surface area contributed by atoms with Crippen LogP contribution in [0.4, 0.5) is 0 Å². The Morgan fingerprint density at radius 1 is 1.33 bits per heavy atom. The minimum Gasteiger partial charge on any atom is -0.370 e. The minimum atomic E-state index is 0.708. The minimum absolute atomic E-state index is 0.708. The van der Waals surface area contributed by atoms with E-state index in [-0.39, 0.29) is 0 Å². The van der Waals surface area contributed by atoms with Gasteiger partial charge in [0, 0.05) is 19.1 Å². The molecule has 0 aromatic rings. The maximum Gasteiger partial charge on any atom is 0.191 e. The second-order valence-electron chi connectivity index (χ2n) is 4.83. The maximum atomic E-state index is 6.05. The zero-order chi connectivity index (χ0) is 10.7. The van der Waals surface area contributed by atoms with Gasteiger partial charge in [0.05, 0.1) is 0 Å². The number of rotatable bonds is 2. The summed E-state index contributed by atoms with van der Waals surface area (Å²) in [5.41, 5.74) is 6.05. The van der Waals surface area contributed by atoms with E-state index in [2.05, 4.69) is 16.8 Å². The number of nitrogens with zero attached hydrogens (tertiary/aromatic N) is 2. The van der Waals surface area contributed by atoms with Gasteiger partial charge in [-0.2, -0.15) is 0 Å². The fourth-order valence-corrected chi connectivity index (χ4v) is 3.01. The smallest absolute Gasteiger partial charge is 0.191 e. The number of nitrogens with two attached hydrogens (primary N) is 1. The SMILES string of the molecule is CCCN=C(N)N1CCC2CCCCC21.